The number of carbonyl (C=O) groups is 2. The van der Waals surface area contributed by atoms with Gasteiger partial charge in [-0.2, -0.15) is 0 Å². The highest BCUT2D eigenvalue weighted by Crippen LogP contribution is 2.33. The van der Waals surface area contributed by atoms with E-state index in [0.717, 1.165) is 21.6 Å². The van der Waals surface area contributed by atoms with Crippen molar-refractivity contribution in [2.75, 3.05) is 33.6 Å². The molecule has 8 heteroatoms. The summed E-state index contributed by atoms with van der Waals surface area (Å²) in [6, 6.07) is 15.1. The van der Waals surface area contributed by atoms with Crippen LogP contribution in [0.4, 0.5) is 0 Å². The average Bonchev–Trinajstić information content (AvgIpc) is 3.49. The summed E-state index contributed by atoms with van der Waals surface area (Å²) < 4.78 is 16.1. The van der Waals surface area contributed by atoms with E-state index in [1.807, 2.05) is 49.6 Å². The Hall–Kier alpha value is -3.36. The number of hydrogen-bond acceptors (Lipinski definition) is 6. The summed E-state index contributed by atoms with van der Waals surface area (Å²) in [5.74, 6) is 1.06. The first-order valence-electron chi connectivity index (χ1n) is 11.5. The highest BCUT2D eigenvalue weighted by molar-refractivity contribution is 7.10. The molecule has 0 saturated carbocycles. The lowest BCUT2D eigenvalue weighted by molar-refractivity contribution is -0.133. The van der Waals surface area contributed by atoms with Crippen molar-refractivity contribution in [3.8, 4) is 11.5 Å². The van der Waals surface area contributed by atoms with Crippen molar-refractivity contribution in [3.63, 3.8) is 0 Å². The molecule has 0 N–H and O–H groups in total. The Labute approximate surface area is 209 Å². The van der Waals surface area contributed by atoms with Crippen LogP contribution >= 0.6 is 11.3 Å². The van der Waals surface area contributed by atoms with Gasteiger partial charge >= 0.3 is 0 Å². The summed E-state index contributed by atoms with van der Waals surface area (Å²) in [6.45, 7) is 5.71. The minimum atomic E-state index is -0.189. The SMILES string of the molecule is COCCN(CC(=O)N(Cc1ccc2c(c1)OCO2)Cc1sccc1C)C(=O)c1ccc(C)cc1. The van der Waals surface area contributed by atoms with Gasteiger partial charge in [0.2, 0.25) is 12.7 Å². The highest BCUT2D eigenvalue weighted by atomic mass is 32.1. The van der Waals surface area contributed by atoms with Crippen LogP contribution in [-0.4, -0.2) is 55.2 Å². The van der Waals surface area contributed by atoms with Gasteiger partial charge in [0.1, 0.15) is 6.54 Å². The molecule has 3 aromatic rings. The Morgan fingerprint density at radius 3 is 2.46 bits per heavy atom. The summed E-state index contributed by atoms with van der Waals surface area (Å²) >= 11 is 1.62. The molecule has 1 aliphatic heterocycles. The molecule has 1 aliphatic rings. The number of rotatable bonds is 10. The average molecular weight is 495 g/mol. The van der Waals surface area contributed by atoms with E-state index in [-0.39, 0.29) is 25.2 Å². The molecule has 0 fully saturated rings. The predicted molar refractivity (Wildman–Crippen MR) is 135 cm³/mol. The topological polar surface area (TPSA) is 68.3 Å². The first-order valence-corrected chi connectivity index (χ1v) is 12.4. The standard InChI is InChI=1S/C27H30N2O5S/c1-19-4-7-22(8-5-19)27(31)28(11-12-32-3)17-26(30)29(16-25-20(2)10-13-35-25)15-21-6-9-23-24(14-21)34-18-33-23/h4-10,13-14H,11-12,15-18H2,1-3H3. The van der Waals surface area contributed by atoms with E-state index in [4.69, 9.17) is 14.2 Å². The molecular formula is C27H30N2O5S. The molecular weight excluding hydrogens is 464 g/mol. The zero-order valence-corrected chi connectivity index (χ0v) is 21.1. The minimum Gasteiger partial charge on any atom is -0.454 e. The number of aryl methyl sites for hydroxylation is 2. The lowest BCUT2D eigenvalue weighted by Crippen LogP contribution is -2.43. The molecule has 35 heavy (non-hydrogen) atoms. The van der Waals surface area contributed by atoms with Crippen molar-refractivity contribution in [2.45, 2.75) is 26.9 Å². The van der Waals surface area contributed by atoms with Crippen molar-refractivity contribution < 1.29 is 23.8 Å². The van der Waals surface area contributed by atoms with Crippen molar-refractivity contribution in [2.24, 2.45) is 0 Å². The van der Waals surface area contributed by atoms with Gasteiger partial charge in [0.05, 0.1) is 13.2 Å². The quantitative estimate of drug-likeness (QED) is 0.418. The van der Waals surface area contributed by atoms with E-state index in [1.54, 1.807) is 40.4 Å². The fourth-order valence-corrected chi connectivity index (χ4v) is 4.75. The zero-order valence-electron chi connectivity index (χ0n) is 20.3. The Kier molecular flexibility index (Phi) is 8.05. The van der Waals surface area contributed by atoms with E-state index in [0.29, 0.717) is 43.3 Å². The molecule has 7 nitrogen and oxygen atoms in total. The molecule has 0 saturated heterocycles. The third-order valence-corrected chi connectivity index (χ3v) is 6.95. The summed E-state index contributed by atoms with van der Waals surface area (Å²) in [4.78, 5) is 31.3. The summed E-state index contributed by atoms with van der Waals surface area (Å²) in [5.41, 5.74) is 3.70. The van der Waals surface area contributed by atoms with Gasteiger partial charge in [-0.1, -0.05) is 23.8 Å². The van der Waals surface area contributed by atoms with Gasteiger partial charge in [0.15, 0.2) is 11.5 Å². The zero-order chi connectivity index (χ0) is 24.8. The predicted octanol–water partition coefficient (Wildman–Crippen LogP) is 4.41. The lowest BCUT2D eigenvalue weighted by atomic mass is 10.1. The first-order chi connectivity index (χ1) is 16.9. The second kappa shape index (κ2) is 11.4. The van der Waals surface area contributed by atoms with Crippen LogP contribution in [-0.2, 0) is 22.6 Å². The number of amides is 2. The van der Waals surface area contributed by atoms with Crippen molar-refractivity contribution in [1.82, 2.24) is 9.80 Å². The number of nitrogens with zero attached hydrogens (tertiary/aromatic N) is 2. The molecule has 2 amide bonds. The van der Waals surface area contributed by atoms with Gasteiger partial charge in [-0.3, -0.25) is 9.59 Å². The van der Waals surface area contributed by atoms with Crippen LogP contribution in [0.5, 0.6) is 11.5 Å². The van der Waals surface area contributed by atoms with E-state index in [2.05, 4.69) is 6.07 Å². The molecule has 4 rings (SSSR count). The van der Waals surface area contributed by atoms with Crippen LogP contribution in [0.1, 0.15) is 31.9 Å². The summed E-state index contributed by atoms with van der Waals surface area (Å²) in [7, 11) is 1.59. The molecule has 0 aliphatic carbocycles. The Bertz CT molecular complexity index is 1170. The molecule has 0 bridgehead atoms. The van der Waals surface area contributed by atoms with Crippen molar-refractivity contribution >= 4 is 23.2 Å². The molecule has 2 aromatic carbocycles. The van der Waals surface area contributed by atoms with E-state index in [9.17, 15) is 9.59 Å². The number of carbonyl (C=O) groups excluding carboxylic acids is 2. The Balaban J connectivity index is 1.55. The third-order valence-electron chi connectivity index (χ3n) is 5.94. The molecule has 0 radical (unpaired) electrons. The summed E-state index contributed by atoms with van der Waals surface area (Å²) in [5, 5.41) is 2.03. The van der Waals surface area contributed by atoms with Crippen molar-refractivity contribution in [3.05, 3.63) is 81.0 Å². The number of hydrogen-bond donors (Lipinski definition) is 0. The number of methoxy groups -OCH3 is 1. The monoisotopic (exact) mass is 494 g/mol. The van der Waals surface area contributed by atoms with Gasteiger partial charge in [-0.05, 0) is 60.7 Å². The first kappa shape index (κ1) is 24.8. The summed E-state index contributed by atoms with van der Waals surface area (Å²) in [6.07, 6.45) is 0. The smallest absolute Gasteiger partial charge is 0.254 e. The molecule has 0 spiro atoms. The van der Waals surface area contributed by atoms with Gasteiger partial charge in [-0.15, -0.1) is 11.3 Å². The second-order valence-electron chi connectivity index (χ2n) is 8.55. The van der Waals surface area contributed by atoms with E-state index >= 15 is 0 Å². The van der Waals surface area contributed by atoms with Crippen LogP contribution in [0.25, 0.3) is 0 Å². The van der Waals surface area contributed by atoms with Crippen LogP contribution < -0.4 is 9.47 Å². The van der Waals surface area contributed by atoms with Gasteiger partial charge in [0, 0.05) is 30.6 Å². The van der Waals surface area contributed by atoms with Crippen molar-refractivity contribution in [1.29, 1.82) is 0 Å². The fraction of sp³-hybridized carbons (Fsp3) is 0.333. The number of benzene rings is 2. The Morgan fingerprint density at radius 1 is 0.971 bits per heavy atom. The molecule has 0 atom stereocenters. The maximum Gasteiger partial charge on any atom is 0.254 e. The fourth-order valence-electron chi connectivity index (χ4n) is 3.83. The maximum atomic E-state index is 13.6. The maximum absolute atomic E-state index is 13.6. The molecule has 0 unspecified atom stereocenters. The number of fused-ring (bicyclic) bond motifs is 1. The minimum absolute atomic E-state index is 0.0367. The Morgan fingerprint density at radius 2 is 1.74 bits per heavy atom. The van der Waals surface area contributed by atoms with Gasteiger partial charge in [-0.25, -0.2) is 0 Å². The molecule has 2 heterocycles. The van der Waals surface area contributed by atoms with E-state index < -0.39 is 0 Å². The van der Waals surface area contributed by atoms with Crippen LogP contribution in [0, 0.1) is 13.8 Å². The highest BCUT2D eigenvalue weighted by Gasteiger charge is 2.24. The largest absolute Gasteiger partial charge is 0.454 e. The normalized spacial score (nSPS) is 12.0. The molecule has 1 aromatic heterocycles. The lowest BCUT2D eigenvalue weighted by Gasteiger charge is -2.28. The van der Waals surface area contributed by atoms with Gasteiger partial charge in [0.25, 0.3) is 5.91 Å². The number of ether oxygens (including phenoxy) is 3. The second-order valence-corrected chi connectivity index (χ2v) is 9.55. The van der Waals surface area contributed by atoms with Gasteiger partial charge < -0.3 is 24.0 Å². The van der Waals surface area contributed by atoms with E-state index in [1.165, 1.54) is 0 Å². The van der Waals surface area contributed by atoms with Crippen LogP contribution in [0.15, 0.2) is 53.9 Å². The third kappa shape index (κ3) is 6.21. The molecule has 184 valence electrons. The number of thiophene rings is 1. The van der Waals surface area contributed by atoms with Crippen LogP contribution in [0.2, 0.25) is 0 Å². The van der Waals surface area contributed by atoms with Crippen LogP contribution in [0.3, 0.4) is 0 Å².